The minimum Gasteiger partial charge on any atom is -0.469 e. The Hall–Kier alpha value is -2.02. The molecule has 2 amide bonds. The minimum atomic E-state index is -0.690. The zero-order valence-corrected chi connectivity index (χ0v) is 12.6. The highest BCUT2D eigenvalue weighted by molar-refractivity contribution is 8.15. The number of nitrogens with zero attached hydrogens (tertiary/aromatic N) is 1. The van der Waals surface area contributed by atoms with E-state index in [9.17, 15) is 14.4 Å². The summed E-state index contributed by atoms with van der Waals surface area (Å²) in [5, 5.41) is 1.97. The van der Waals surface area contributed by atoms with Gasteiger partial charge in [-0.2, -0.15) is 0 Å². The average Bonchev–Trinajstić information content (AvgIpc) is 2.73. The number of benzene rings is 1. The molecule has 0 spiro atoms. The van der Waals surface area contributed by atoms with Crippen molar-refractivity contribution in [1.29, 1.82) is 0 Å². The molecule has 1 fully saturated rings. The van der Waals surface area contributed by atoms with Crippen molar-refractivity contribution in [2.75, 3.05) is 19.1 Å². The summed E-state index contributed by atoms with van der Waals surface area (Å²) in [7, 11) is 1.25. The SMILES string of the molecule is COC(=O)CC1SC(=O)N(CNc2ccc(C)cc2)C1=O. The number of rotatable bonds is 5. The van der Waals surface area contributed by atoms with Crippen molar-refractivity contribution in [1.82, 2.24) is 4.90 Å². The summed E-state index contributed by atoms with van der Waals surface area (Å²) in [6.07, 6.45) is -0.0905. The van der Waals surface area contributed by atoms with Crippen molar-refractivity contribution in [3.8, 4) is 0 Å². The Morgan fingerprint density at radius 2 is 2.00 bits per heavy atom. The number of carbonyl (C=O) groups excluding carboxylic acids is 3. The highest BCUT2D eigenvalue weighted by atomic mass is 32.2. The van der Waals surface area contributed by atoms with E-state index in [1.54, 1.807) is 0 Å². The fraction of sp³-hybridized carbons (Fsp3) is 0.357. The number of hydrogen-bond donors (Lipinski definition) is 1. The second-order valence-electron chi connectivity index (χ2n) is 4.62. The van der Waals surface area contributed by atoms with Crippen LogP contribution < -0.4 is 5.32 Å². The number of esters is 1. The predicted molar refractivity (Wildman–Crippen MR) is 79.9 cm³/mol. The Balaban J connectivity index is 1.94. The molecule has 0 aliphatic carbocycles. The number of ether oxygens (including phenoxy) is 1. The molecule has 1 N–H and O–H groups in total. The lowest BCUT2D eigenvalue weighted by molar-refractivity contribution is -0.142. The zero-order valence-electron chi connectivity index (χ0n) is 11.8. The van der Waals surface area contributed by atoms with Crippen LogP contribution in [0.15, 0.2) is 24.3 Å². The fourth-order valence-corrected chi connectivity index (χ4v) is 2.82. The van der Waals surface area contributed by atoms with Gasteiger partial charge in [-0.05, 0) is 19.1 Å². The van der Waals surface area contributed by atoms with Crippen molar-refractivity contribution in [2.24, 2.45) is 0 Å². The van der Waals surface area contributed by atoms with Crippen LogP contribution in [0.2, 0.25) is 0 Å². The molecule has 0 aromatic heterocycles. The summed E-state index contributed by atoms with van der Waals surface area (Å²) in [5.74, 6) is -0.864. The molecule has 1 aliphatic heterocycles. The monoisotopic (exact) mass is 308 g/mol. The largest absolute Gasteiger partial charge is 0.469 e. The third-order valence-corrected chi connectivity index (χ3v) is 4.15. The molecule has 7 heteroatoms. The van der Waals surface area contributed by atoms with Crippen LogP contribution in [0.25, 0.3) is 0 Å². The molecule has 112 valence electrons. The predicted octanol–water partition coefficient (Wildman–Crippen LogP) is 1.99. The van der Waals surface area contributed by atoms with Gasteiger partial charge in [0.25, 0.3) is 5.24 Å². The molecular weight excluding hydrogens is 292 g/mol. The average molecular weight is 308 g/mol. The van der Waals surface area contributed by atoms with Gasteiger partial charge in [0.05, 0.1) is 20.2 Å². The molecule has 1 atom stereocenters. The smallest absolute Gasteiger partial charge is 0.307 e. The van der Waals surface area contributed by atoms with E-state index in [1.165, 1.54) is 7.11 Å². The molecule has 1 aromatic carbocycles. The van der Waals surface area contributed by atoms with Crippen molar-refractivity contribution in [3.63, 3.8) is 0 Å². The van der Waals surface area contributed by atoms with Crippen molar-refractivity contribution in [2.45, 2.75) is 18.6 Å². The Bertz CT molecular complexity index is 559. The molecule has 1 saturated heterocycles. The zero-order chi connectivity index (χ0) is 15.4. The van der Waals surface area contributed by atoms with E-state index in [1.807, 2.05) is 31.2 Å². The molecule has 1 unspecified atom stereocenters. The third kappa shape index (κ3) is 3.75. The molecule has 0 bridgehead atoms. The van der Waals surface area contributed by atoms with E-state index in [2.05, 4.69) is 10.1 Å². The quantitative estimate of drug-likeness (QED) is 0.838. The lowest BCUT2D eigenvalue weighted by atomic mass is 10.2. The van der Waals surface area contributed by atoms with Gasteiger partial charge in [-0.25, -0.2) is 0 Å². The maximum absolute atomic E-state index is 12.1. The number of amides is 2. The molecule has 2 rings (SSSR count). The minimum absolute atomic E-state index is 0.0887. The Labute approximate surface area is 126 Å². The van der Waals surface area contributed by atoms with Crippen molar-refractivity contribution >= 4 is 34.6 Å². The summed E-state index contributed by atoms with van der Waals surface area (Å²) in [4.78, 5) is 36.2. The highest BCUT2D eigenvalue weighted by Gasteiger charge is 2.40. The first kappa shape index (κ1) is 15.4. The van der Waals surface area contributed by atoms with Gasteiger partial charge in [-0.15, -0.1) is 0 Å². The fourth-order valence-electron chi connectivity index (χ4n) is 1.85. The number of anilines is 1. The molecular formula is C14H16N2O4S. The number of nitrogens with one attached hydrogen (secondary N) is 1. The van der Waals surface area contributed by atoms with Crippen LogP contribution in [0.3, 0.4) is 0 Å². The Morgan fingerprint density at radius 1 is 1.33 bits per heavy atom. The van der Waals surface area contributed by atoms with Crippen molar-refractivity contribution in [3.05, 3.63) is 29.8 Å². The van der Waals surface area contributed by atoms with E-state index in [4.69, 9.17) is 0 Å². The van der Waals surface area contributed by atoms with Gasteiger partial charge >= 0.3 is 5.97 Å². The first-order valence-corrected chi connectivity index (χ1v) is 7.28. The molecule has 1 aromatic rings. The first-order valence-electron chi connectivity index (χ1n) is 6.40. The maximum atomic E-state index is 12.1. The molecule has 21 heavy (non-hydrogen) atoms. The van der Waals surface area contributed by atoms with Crippen LogP contribution in [0.5, 0.6) is 0 Å². The van der Waals surface area contributed by atoms with Crippen molar-refractivity contribution < 1.29 is 19.1 Å². The maximum Gasteiger partial charge on any atom is 0.307 e. The van der Waals surface area contributed by atoms with Gasteiger partial charge in [-0.1, -0.05) is 29.5 Å². The summed E-state index contributed by atoms with van der Waals surface area (Å²) < 4.78 is 4.52. The van der Waals surface area contributed by atoms with Crippen LogP contribution >= 0.6 is 11.8 Å². The Morgan fingerprint density at radius 3 is 2.62 bits per heavy atom. The highest BCUT2D eigenvalue weighted by Crippen LogP contribution is 2.29. The molecule has 0 saturated carbocycles. The number of hydrogen-bond acceptors (Lipinski definition) is 6. The second kappa shape index (κ2) is 6.62. The van der Waals surface area contributed by atoms with Gasteiger partial charge in [0.1, 0.15) is 5.25 Å². The lowest BCUT2D eigenvalue weighted by Gasteiger charge is -2.15. The number of methoxy groups -OCH3 is 1. The standard InChI is InChI=1S/C14H16N2O4S/c1-9-3-5-10(6-4-9)15-8-16-13(18)11(21-14(16)19)7-12(17)20-2/h3-6,11,15H,7-8H2,1-2H3. The summed E-state index contributed by atoms with van der Waals surface area (Å²) >= 11 is 0.860. The van der Waals surface area contributed by atoms with E-state index < -0.39 is 11.2 Å². The van der Waals surface area contributed by atoms with Gasteiger partial charge in [0.2, 0.25) is 5.91 Å². The Kier molecular flexibility index (Phi) is 4.85. The van der Waals surface area contributed by atoms with E-state index >= 15 is 0 Å². The summed E-state index contributed by atoms with van der Waals surface area (Å²) in [5.41, 5.74) is 1.95. The van der Waals surface area contributed by atoms with Crippen LogP contribution in [0.1, 0.15) is 12.0 Å². The van der Waals surface area contributed by atoms with Crippen LogP contribution in [0.4, 0.5) is 10.5 Å². The number of thioether (sulfide) groups is 1. The molecule has 1 heterocycles. The second-order valence-corrected chi connectivity index (χ2v) is 5.77. The normalized spacial score (nSPS) is 18.0. The number of imide groups is 1. The number of aryl methyl sites for hydroxylation is 1. The van der Waals surface area contributed by atoms with Gasteiger partial charge in [0, 0.05) is 5.69 Å². The van der Waals surface area contributed by atoms with Gasteiger partial charge in [-0.3, -0.25) is 19.3 Å². The molecule has 6 nitrogen and oxygen atoms in total. The molecule has 1 aliphatic rings. The van der Waals surface area contributed by atoms with Gasteiger partial charge < -0.3 is 10.1 Å². The molecule has 0 radical (unpaired) electrons. The number of carbonyl (C=O) groups is 3. The van der Waals surface area contributed by atoms with Crippen LogP contribution in [-0.2, 0) is 14.3 Å². The van der Waals surface area contributed by atoms with E-state index in [-0.39, 0.29) is 24.2 Å². The topological polar surface area (TPSA) is 75.7 Å². The van der Waals surface area contributed by atoms with Gasteiger partial charge in [0.15, 0.2) is 0 Å². The third-order valence-electron chi connectivity index (χ3n) is 3.08. The van der Waals surface area contributed by atoms with Crippen LogP contribution in [-0.4, -0.2) is 41.0 Å². The van der Waals surface area contributed by atoms with E-state index in [0.717, 1.165) is 27.9 Å². The summed E-state index contributed by atoms with van der Waals surface area (Å²) in [6, 6.07) is 7.62. The lowest BCUT2D eigenvalue weighted by Crippen LogP contribution is -2.36. The first-order chi connectivity index (χ1) is 10.0. The van der Waals surface area contributed by atoms with Crippen LogP contribution in [0, 0.1) is 6.92 Å². The summed E-state index contributed by atoms with van der Waals surface area (Å²) in [6.45, 7) is 2.07. The van der Waals surface area contributed by atoms with E-state index in [0.29, 0.717) is 0 Å².